The molecule has 0 spiro atoms. The Bertz CT molecular complexity index is 236. The van der Waals surface area contributed by atoms with Crippen LogP contribution in [0.4, 0.5) is 0 Å². The first-order valence-electron chi connectivity index (χ1n) is 5.22. The predicted octanol–water partition coefficient (Wildman–Crippen LogP) is 1.21. The topological polar surface area (TPSA) is 78.3 Å². The Balaban J connectivity index is 4.54. The van der Waals surface area contributed by atoms with Gasteiger partial charge in [-0.1, -0.05) is 20.8 Å². The predicted molar refractivity (Wildman–Crippen MR) is 64.9 cm³/mol. The van der Waals surface area contributed by atoms with Crippen LogP contribution in [0.15, 0.2) is 0 Å². The lowest BCUT2D eigenvalue weighted by Gasteiger charge is -2.39. The molecule has 0 rings (SSSR count). The fourth-order valence-electron chi connectivity index (χ4n) is 0.946. The van der Waals surface area contributed by atoms with Gasteiger partial charge in [-0.05, 0) is 25.1 Å². The van der Waals surface area contributed by atoms with Gasteiger partial charge in [-0.3, -0.25) is 4.79 Å². The lowest BCUT2D eigenvalue weighted by Crippen LogP contribution is -2.52. The summed E-state index contributed by atoms with van der Waals surface area (Å²) < 4.78 is 5.94. The molecule has 0 aliphatic rings. The highest BCUT2D eigenvalue weighted by molar-refractivity contribution is 6.74. The van der Waals surface area contributed by atoms with Crippen LogP contribution in [-0.4, -0.2) is 26.4 Å². The van der Waals surface area contributed by atoms with Gasteiger partial charge in [-0.15, -0.1) is 0 Å². The Hall–Kier alpha value is -0.393. The molecule has 90 valence electrons. The number of hydrogen-bond donors (Lipinski definition) is 2. The highest BCUT2D eigenvalue weighted by Gasteiger charge is 2.39. The van der Waals surface area contributed by atoms with Crippen LogP contribution in [-0.2, 0) is 9.22 Å². The number of nitrogens with two attached hydrogens (primary N) is 2. The lowest BCUT2D eigenvalue weighted by molar-refractivity contribution is -0.121. The highest BCUT2D eigenvalue weighted by Crippen LogP contribution is 2.37. The summed E-state index contributed by atoms with van der Waals surface area (Å²) >= 11 is 0. The van der Waals surface area contributed by atoms with E-state index < -0.39 is 20.3 Å². The zero-order valence-corrected chi connectivity index (χ0v) is 11.6. The van der Waals surface area contributed by atoms with E-state index in [0.29, 0.717) is 0 Å². The van der Waals surface area contributed by atoms with Crippen LogP contribution in [0.5, 0.6) is 0 Å². The first-order valence-corrected chi connectivity index (χ1v) is 8.12. The second kappa shape index (κ2) is 4.63. The van der Waals surface area contributed by atoms with Crippen molar-refractivity contribution in [2.75, 3.05) is 0 Å². The fourth-order valence-corrected chi connectivity index (χ4v) is 2.38. The van der Waals surface area contributed by atoms with E-state index in [1.807, 2.05) is 0 Å². The van der Waals surface area contributed by atoms with Crippen molar-refractivity contribution in [3.8, 4) is 0 Å². The molecule has 0 aromatic rings. The minimum atomic E-state index is -1.86. The average molecular weight is 232 g/mol. The van der Waals surface area contributed by atoms with Crippen LogP contribution in [0.2, 0.25) is 18.1 Å². The third kappa shape index (κ3) is 3.93. The summed E-state index contributed by atoms with van der Waals surface area (Å²) in [5.41, 5.74) is 10.8. The van der Waals surface area contributed by atoms with Crippen molar-refractivity contribution >= 4 is 14.2 Å². The van der Waals surface area contributed by atoms with Gasteiger partial charge in [-0.2, -0.15) is 0 Å². The number of primary amides is 1. The molecule has 0 saturated heterocycles. The molecule has 0 radical (unpaired) electrons. The molecule has 5 heteroatoms. The van der Waals surface area contributed by atoms with Gasteiger partial charge in [-0.25, -0.2) is 0 Å². The van der Waals surface area contributed by atoms with E-state index in [2.05, 4.69) is 33.9 Å². The molecule has 0 unspecified atom stereocenters. The normalized spacial score (nSPS) is 17.3. The summed E-state index contributed by atoms with van der Waals surface area (Å²) in [4.78, 5) is 10.9. The van der Waals surface area contributed by atoms with Gasteiger partial charge in [0.15, 0.2) is 8.32 Å². The second-order valence-corrected chi connectivity index (χ2v) is 10.3. The maximum absolute atomic E-state index is 10.9. The Morgan fingerprint density at radius 1 is 1.33 bits per heavy atom. The maximum Gasteiger partial charge on any atom is 0.236 e. The third-order valence-electron chi connectivity index (χ3n) is 3.12. The van der Waals surface area contributed by atoms with Crippen LogP contribution < -0.4 is 11.5 Å². The first kappa shape index (κ1) is 14.6. The molecular formula is C10H24N2O2Si. The fraction of sp³-hybridized carbons (Fsp3) is 0.900. The summed E-state index contributed by atoms with van der Waals surface area (Å²) in [7, 11) is -1.86. The van der Waals surface area contributed by atoms with E-state index in [1.165, 1.54) is 0 Å². The van der Waals surface area contributed by atoms with E-state index in [9.17, 15) is 4.79 Å². The number of amides is 1. The Labute approximate surface area is 93.5 Å². The molecule has 1 amide bonds. The number of carbonyl (C=O) groups excluding carboxylic acids is 1. The summed E-state index contributed by atoms with van der Waals surface area (Å²) in [5.74, 6) is -0.513. The monoisotopic (exact) mass is 232 g/mol. The maximum atomic E-state index is 10.9. The van der Waals surface area contributed by atoms with E-state index in [0.717, 1.165) is 0 Å². The minimum absolute atomic E-state index is 0.110. The van der Waals surface area contributed by atoms with Crippen molar-refractivity contribution in [3.63, 3.8) is 0 Å². The van der Waals surface area contributed by atoms with Gasteiger partial charge in [0.1, 0.15) is 6.04 Å². The van der Waals surface area contributed by atoms with Gasteiger partial charge < -0.3 is 15.9 Å². The zero-order chi connectivity index (χ0) is 12.4. The van der Waals surface area contributed by atoms with Gasteiger partial charge in [0.05, 0.1) is 6.10 Å². The molecule has 0 aliphatic carbocycles. The Morgan fingerprint density at radius 2 is 1.73 bits per heavy atom. The molecule has 0 heterocycles. The molecule has 2 atom stereocenters. The van der Waals surface area contributed by atoms with Crippen molar-refractivity contribution in [3.05, 3.63) is 0 Å². The molecule has 4 N–H and O–H groups in total. The van der Waals surface area contributed by atoms with Crippen LogP contribution in [0.3, 0.4) is 0 Å². The highest BCUT2D eigenvalue weighted by atomic mass is 28.4. The van der Waals surface area contributed by atoms with Crippen LogP contribution >= 0.6 is 0 Å². The quantitative estimate of drug-likeness (QED) is 0.715. The Kier molecular flexibility index (Phi) is 4.51. The Morgan fingerprint density at radius 3 is 2.00 bits per heavy atom. The van der Waals surface area contributed by atoms with Crippen LogP contribution in [0.1, 0.15) is 27.7 Å². The summed E-state index contributed by atoms with van der Waals surface area (Å²) in [6, 6.07) is -0.723. The van der Waals surface area contributed by atoms with Crippen LogP contribution in [0.25, 0.3) is 0 Å². The number of hydrogen-bond acceptors (Lipinski definition) is 3. The van der Waals surface area contributed by atoms with E-state index in [-0.39, 0.29) is 11.1 Å². The van der Waals surface area contributed by atoms with Gasteiger partial charge in [0.25, 0.3) is 0 Å². The van der Waals surface area contributed by atoms with Gasteiger partial charge >= 0.3 is 0 Å². The molecule has 4 nitrogen and oxygen atoms in total. The van der Waals surface area contributed by atoms with Gasteiger partial charge in [0.2, 0.25) is 5.91 Å². The third-order valence-corrected chi connectivity index (χ3v) is 7.69. The van der Waals surface area contributed by atoms with Crippen molar-refractivity contribution in [1.82, 2.24) is 0 Å². The zero-order valence-electron chi connectivity index (χ0n) is 10.6. The first-order chi connectivity index (χ1) is 6.49. The molecule has 15 heavy (non-hydrogen) atoms. The molecule has 0 aromatic heterocycles. The smallest absolute Gasteiger partial charge is 0.236 e. The molecule has 0 aromatic carbocycles. The summed E-state index contributed by atoms with van der Waals surface area (Å²) in [5, 5.41) is 0.110. The second-order valence-electron chi connectivity index (χ2n) is 5.51. The summed E-state index contributed by atoms with van der Waals surface area (Å²) in [6.45, 7) is 12.5. The average Bonchev–Trinajstić information content (AvgIpc) is 1.99. The van der Waals surface area contributed by atoms with E-state index in [4.69, 9.17) is 15.9 Å². The SMILES string of the molecule is C[C@@H](O[Si](C)(C)C(C)(C)C)[C@H](N)C(N)=O. The largest absolute Gasteiger partial charge is 0.412 e. The molecule has 0 saturated carbocycles. The minimum Gasteiger partial charge on any atom is -0.412 e. The number of rotatable bonds is 4. The van der Waals surface area contributed by atoms with Crippen LogP contribution in [0, 0.1) is 0 Å². The van der Waals surface area contributed by atoms with Crippen molar-refractivity contribution in [2.45, 2.75) is 58.0 Å². The standard InChI is InChI=1S/C10H24N2O2Si/c1-7(8(11)9(12)13)14-15(5,6)10(2,3)4/h7-8H,11H2,1-6H3,(H2,12,13)/t7-,8+/m1/s1. The lowest BCUT2D eigenvalue weighted by atomic mass is 10.2. The molecule has 0 aliphatic heterocycles. The molecule has 0 fully saturated rings. The van der Waals surface area contributed by atoms with E-state index in [1.54, 1.807) is 6.92 Å². The van der Waals surface area contributed by atoms with Gasteiger partial charge in [0, 0.05) is 0 Å². The van der Waals surface area contributed by atoms with Crippen molar-refractivity contribution < 1.29 is 9.22 Å². The van der Waals surface area contributed by atoms with E-state index >= 15 is 0 Å². The number of carbonyl (C=O) groups is 1. The van der Waals surface area contributed by atoms with Crippen molar-refractivity contribution in [2.24, 2.45) is 11.5 Å². The summed E-state index contributed by atoms with van der Waals surface area (Å²) in [6.07, 6.45) is -0.316. The molecule has 0 bridgehead atoms. The van der Waals surface area contributed by atoms with Crippen molar-refractivity contribution in [1.29, 1.82) is 0 Å². The molecular weight excluding hydrogens is 208 g/mol.